The predicted octanol–water partition coefficient (Wildman–Crippen LogP) is 1.45. The Labute approximate surface area is 117 Å². The maximum absolute atomic E-state index is 12.5. The number of carbonyl (C=O) groups is 1. The Kier molecular flexibility index (Phi) is 5.64. The van der Waals surface area contributed by atoms with Crippen molar-refractivity contribution in [3.8, 4) is 0 Å². The summed E-state index contributed by atoms with van der Waals surface area (Å²) in [6, 6.07) is 0.483. The van der Waals surface area contributed by atoms with Crippen molar-refractivity contribution in [2.45, 2.75) is 51.5 Å². The molecule has 2 saturated heterocycles. The molecule has 19 heavy (non-hydrogen) atoms. The predicted molar refractivity (Wildman–Crippen MR) is 77.9 cm³/mol. The van der Waals surface area contributed by atoms with Crippen LogP contribution in [-0.4, -0.2) is 54.5 Å². The zero-order valence-electron chi connectivity index (χ0n) is 12.3. The van der Waals surface area contributed by atoms with Gasteiger partial charge < -0.3 is 10.6 Å². The van der Waals surface area contributed by atoms with Gasteiger partial charge in [0.2, 0.25) is 5.91 Å². The average Bonchev–Trinajstić information content (AvgIpc) is 2.47. The molecule has 0 spiro atoms. The molecule has 2 rings (SSSR count). The second-order valence-electron chi connectivity index (χ2n) is 6.12. The first kappa shape index (κ1) is 14.8. The summed E-state index contributed by atoms with van der Waals surface area (Å²) in [7, 11) is 0. The standard InChI is InChI=1S/C15H29N3O/c1-2-14-7-3-4-9-18(14)15(19)12-17-8-5-6-13(10-16)11-17/h13-14H,2-12,16H2,1H3. The van der Waals surface area contributed by atoms with Gasteiger partial charge in [0, 0.05) is 19.1 Å². The first-order valence-electron chi connectivity index (χ1n) is 7.96. The minimum absolute atomic E-state index is 0.337. The normalized spacial score (nSPS) is 29.5. The maximum Gasteiger partial charge on any atom is 0.236 e. The van der Waals surface area contributed by atoms with Gasteiger partial charge in [0.25, 0.3) is 0 Å². The van der Waals surface area contributed by atoms with Crippen LogP contribution in [0.25, 0.3) is 0 Å². The topological polar surface area (TPSA) is 49.6 Å². The third kappa shape index (κ3) is 3.93. The Hall–Kier alpha value is -0.610. The van der Waals surface area contributed by atoms with Crippen molar-refractivity contribution < 1.29 is 4.79 Å². The molecule has 0 radical (unpaired) electrons. The van der Waals surface area contributed by atoms with E-state index in [2.05, 4.69) is 16.7 Å². The van der Waals surface area contributed by atoms with Crippen molar-refractivity contribution >= 4 is 5.91 Å². The number of hydrogen-bond acceptors (Lipinski definition) is 3. The number of piperidine rings is 2. The lowest BCUT2D eigenvalue weighted by Crippen LogP contribution is -2.49. The molecule has 4 heteroatoms. The molecule has 4 nitrogen and oxygen atoms in total. The number of amides is 1. The van der Waals surface area contributed by atoms with E-state index in [0.717, 1.165) is 32.6 Å². The fourth-order valence-electron chi connectivity index (χ4n) is 3.52. The minimum atomic E-state index is 0.337. The summed E-state index contributed by atoms with van der Waals surface area (Å²) in [5.41, 5.74) is 5.76. The molecule has 2 atom stereocenters. The first-order valence-corrected chi connectivity index (χ1v) is 7.96. The summed E-state index contributed by atoms with van der Waals surface area (Å²) >= 11 is 0. The molecule has 0 aromatic heterocycles. The minimum Gasteiger partial charge on any atom is -0.339 e. The van der Waals surface area contributed by atoms with Crippen molar-refractivity contribution in [3.63, 3.8) is 0 Å². The number of hydrogen-bond donors (Lipinski definition) is 1. The molecular weight excluding hydrogens is 238 g/mol. The van der Waals surface area contributed by atoms with E-state index in [4.69, 9.17) is 5.73 Å². The highest BCUT2D eigenvalue weighted by atomic mass is 16.2. The number of nitrogens with zero attached hydrogens (tertiary/aromatic N) is 2. The van der Waals surface area contributed by atoms with Crippen LogP contribution in [0.3, 0.4) is 0 Å². The van der Waals surface area contributed by atoms with Gasteiger partial charge in [-0.15, -0.1) is 0 Å². The molecule has 2 unspecified atom stereocenters. The van der Waals surface area contributed by atoms with Crippen LogP contribution in [0.15, 0.2) is 0 Å². The highest BCUT2D eigenvalue weighted by molar-refractivity contribution is 5.78. The van der Waals surface area contributed by atoms with Crippen molar-refractivity contribution in [3.05, 3.63) is 0 Å². The molecule has 2 N–H and O–H groups in total. The molecule has 2 aliphatic rings. The Balaban J connectivity index is 1.85. The van der Waals surface area contributed by atoms with E-state index in [0.29, 0.717) is 24.4 Å². The van der Waals surface area contributed by atoms with E-state index < -0.39 is 0 Å². The van der Waals surface area contributed by atoms with Gasteiger partial charge in [0.05, 0.1) is 6.54 Å². The largest absolute Gasteiger partial charge is 0.339 e. The summed E-state index contributed by atoms with van der Waals surface area (Å²) in [5.74, 6) is 0.925. The monoisotopic (exact) mass is 267 g/mol. The molecule has 0 aromatic carbocycles. The van der Waals surface area contributed by atoms with Gasteiger partial charge in [-0.05, 0) is 57.5 Å². The van der Waals surface area contributed by atoms with Gasteiger partial charge in [0.1, 0.15) is 0 Å². The second kappa shape index (κ2) is 7.25. The zero-order chi connectivity index (χ0) is 13.7. The van der Waals surface area contributed by atoms with Crippen molar-refractivity contribution in [1.29, 1.82) is 0 Å². The van der Waals surface area contributed by atoms with Crippen LogP contribution in [-0.2, 0) is 4.79 Å². The molecule has 0 bridgehead atoms. The van der Waals surface area contributed by atoms with Gasteiger partial charge in [0.15, 0.2) is 0 Å². The third-order valence-electron chi connectivity index (χ3n) is 4.71. The van der Waals surface area contributed by atoms with Crippen LogP contribution >= 0.6 is 0 Å². The van der Waals surface area contributed by atoms with Crippen LogP contribution in [0, 0.1) is 5.92 Å². The van der Waals surface area contributed by atoms with Crippen LogP contribution in [0.5, 0.6) is 0 Å². The fraction of sp³-hybridized carbons (Fsp3) is 0.933. The Bertz CT molecular complexity index is 295. The number of carbonyl (C=O) groups excluding carboxylic acids is 1. The Morgan fingerprint density at radius 1 is 1.21 bits per heavy atom. The van der Waals surface area contributed by atoms with Crippen molar-refractivity contribution in [2.75, 3.05) is 32.7 Å². The first-order chi connectivity index (χ1) is 9.24. The van der Waals surface area contributed by atoms with E-state index in [1.807, 2.05) is 0 Å². The smallest absolute Gasteiger partial charge is 0.236 e. The van der Waals surface area contributed by atoms with E-state index in [9.17, 15) is 4.79 Å². The molecule has 0 saturated carbocycles. The van der Waals surface area contributed by atoms with E-state index >= 15 is 0 Å². The fourth-order valence-corrected chi connectivity index (χ4v) is 3.52. The molecule has 110 valence electrons. The molecule has 2 fully saturated rings. The molecule has 2 heterocycles. The molecule has 0 aromatic rings. The van der Waals surface area contributed by atoms with Crippen molar-refractivity contribution in [2.24, 2.45) is 11.7 Å². The van der Waals surface area contributed by atoms with Crippen LogP contribution in [0.4, 0.5) is 0 Å². The summed E-state index contributed by atoms with van der Waals surface area (Å²) in [5, 5.41) is 0. The average molecular weight is 267 g/mol. The zero-order valence-corrected chi connectivity index (χ0v) is 12.3. The van der Waals surface area contributed by atoms with E-state index in [1.54, 1.807) is 0 Å². The van der Waals surface area contributed by atoms with Crippen LogP contribution < -0.4 is 5.73 Å². The van der Waals surface area contributed by atoms with Crippen LogP contribution in [0.1, 0.15) is 45.4 Å². The summed E-state index contributed by atoms with van der Waals surface area (Å²) in [6.07, 6.45) is 7.15. The number of nitrogens with two attached hydrogens (primary N) is 1. The van der Waals surface area contributed by atoms with Gasteiger partial charge in [-0.3, -0.25) is 9.69 Å². The third-order valence-corrected chi connectivity index (χ3v) is 4.71. The number of rotatable bonds is 4. The second-order valence-corrected chi connectivity index (χ2v) is 6.12. The van der Waals surface area contributed by atoms with Gasteiger partial charge in [-0.2, -0.15) is 0 Å². The Morgan fingerprint density at radius 3 is 2.79 bits per heavy atom. The highest BCUT2D eigenvalue weighted by Crippen LogP contribution is 2.21. The maximum atomic E-state index is 12.5. The molecule has 2 aliphatic heterocycles. The molecule has 0 aliphatic carbocycles. The molecule has 1 amide bonds. The van der Waals surface area contributed by atoms with Gasteiger partial charge in [-0.25, -0.2) is 0 Å². The molecular formula is C15H29N3O. The Morgan fingerprint density at radius 2 is 2.05 bits per heavy atom. The van der Waals surface area contributed by atoms with E-state index in [-0.39, 0.29) is 0 Å². The summed E-state index contributed by atoms with van der Waals surface area (Å²) in [4.78, 5) is 16.9. The number of likely N-dealkylation sites (tertiary alicyclic amines) is 2. The lowest BCUT2D eigenvalue weighted by atomic mass is 9.97. The van der Waals surface area contributed by atoms with E-state index in [1.165, 1.54) is 32.1 Å². The summed E-state index contributed by atoms with van der Waals surface area (Å²) in [6.45, 7) is 6.59. The SMILES string of the molecule is CCC1CCCCN1C(=O)CN1CCCC(CN)C1. The summed E-state index contributed by atoms with van der Waals surface area (Å²) < 4.78 is 0. The van der Waals surface area contributed by atoms with Gasteiger partial charge in [-0.1, -0.05) is 6.92 Å². The lowest BCUT2D eigenvalue weighted by molar-refractivity contribution is -0.136. The van der Waals surface area contributed by atoms with Gasteiger partial charge >= 0.3 is 0 Å². The van der Waals surface area contributed by atoms with Crippen molar-refractivity contribution in [1.82, 2.24) is 9.80 Å². The highest BCUT2D eigenvalue weighted by Gasteiger charge is 2.28. The lowest BCUT2D eigenvalue weighted by Gasteiger charge is -2.38. The van der Waals surface area contributed by atoms with Crippen LogP contribution in [0.2, 0.25) is 0 Å². The quantitative estimate of drug-likeness (QED) is 0.838.